The molecular formula is C9H19NO5S. The van der Waals surface area contributed by atoms with Crippen LogP contribution in [0.2, 0.25) is 0 Å². The lowest BCUT2D eigenvalue weighted by atomic mass is 10.4. The Hall–Kier alpha value is -0.660. The van der Waals surface area contributed by atoms with Gasteiger partial charge in [0.2, 0.25) is 10.0 Å². The number of carboxylic acid groups (broad SMARTS) is 1. The molecule has 0 saturated carbocycles. The van der Waals surface area contributed by atoms with Gasteiger partial charge in [-0.1, -0.05) is 0 Å². The first kappa shape index (κ1) is 15.3. The molecule has 7 heteroatoms. The van der Waals surface area contributed by atoms with Crippen molar-refractivity contribution in [1.29, 1.82) is 0 Å². The van der Waals surface area contributed by atoms with Crippen LogP contribution in [0.4, 0.5) is 0 Å². The molecule has 0 aromatic heterocycles. The monoisotopic (exact) mass is 253 g/mol. The SMILES string of the molecule is COC(C)CS(=O)(=O)N(CC(=O)O)C(C)C. The van der Waals surface area contributed by atoms with Gasteiger partial charge in [-0.2, -0.15) is 4.31 Å². The first-order valence-electron chi connectivity index (χ1n) is 4.94. The number of ether oxygens (including phenoxy) is 1. The summed E-state index contributed by atoms with van der Waals surface area (Å²) >= 11 is 0. The normalized spacial score (nSPS) is 14.4. The molecule has 0 bridgehead atoms. The lowest BCUT2D eigenvalue weighted by Gasteiger charge is -2.25. The summed E-state index contributed by atoms with van der Waals surface area (Å²) in [7, 11) is -2.19. The highest BCUT2D eigenvalue weighted by Gasteiger charge is 2.28. The molecule has 0 aliphatic rings. The van der Waals surface area contributed by atoms with Gasteiger partial charge in [0.05, 0.1) is 11.9 Å². The number of carbonyl (C=O) groups is 1. The Morgan fingerprint density at radius 2 is 1.88 bits per heavy atom. The maximum atomic E-state index is 11.9. The van der Waals surface area contributed by atoms with Gasteiger partial charge in [-0.05, 0) is 20.8 Å². The second kappa shape index (κ2) is 6.17. The first-order valence-corrected chi connectivity index (χ1v) is 6.55. The molecule has 0 aliphatic heterocycles. The number of nitrogens with zero attached hydrogens (tertiary/aromatic N) is 1. The molecule has 0 fully saturated rings. The molecule has 1 atom stereocenters. The van der Waals surface area contributed by atoms with Crippen LogP contribution >= 0.6 is 0 Å². The summed E-state index contributed by atoms with van der Waals surface area (Å²) in [4.78, 5) is 10.6. The minimum Gasteiger partial charge on any atom is -0.480 e. The molecule has 0 heterocycles. The number of sulfonamides is 1. The van der Waals surface area contributed by atoms with E-state index in [9.17, 15) is 13.2 Å². The number of aliphatic carboxylic acids is 1. The molecule has 0 radical (unpaired) electrons. The Morgan fingerprint density at radius 1 is 1.38 bits per heavy atom. The minimum absolute atomic E-state index is 0.213. The zero-order valence-electron chi connectivity index (χ0n) is 10.0. The van der Waals surface area contributed by atoms with Crippen molar-refractivity contribution in [3.63, 3.8) is 0 Å². The quantitative estimate of drug-likeness (QED) is 0.698. The predicted octanol–water partition coefficient (Wildman–Crippen LogP) is 0.146. The van der Waals surface area contributed by atoms with Crippen molar-refractivity contribution in [3.05, 3.63) is 0 Å². The summed E-state index contributed by atoms with van der Waals surface area (Å²) in [6.45, 7) is 4.38. The van der Waals surface area contributed by atoms with E-state index in [1.165, 1.54) is 7.11 Å². The largest absolute Gasteiger partial charge is 0.480 e. The van der Waals surface area contributed by atoms with Crippen molar-refractivity contribution < 1.29 is 23.1 Å². The van der Waals surface area contributed by atoms with E-state index in [1.54, 1.807) is 20.8 Å². The summed E-state index contributed by atoms with van der Waals surface area (Å²) in [6.07, 6.45) is -0.458. The van der Waals surface area contributed by atoms with Gasteiger partial charge in [-0.25, -0.2) is 8.42 Å². The molecule has 96 valence electrons. The van der Waals surface area contributed by atoms with Gasteiger partial charge in [0.25, 0.3) is 0 Å². The zero-order chi connectivity index (χ0) is 12.9. The van der Waals surface area contributed by atoms with Crippen molar-refractivity contribution in [3.8, 4) is 0 Å². The zero-order valence-corrected chi connectivity index (χ0v) is 10.8. The second-order valence-electron chi connectivity index (χ2n) is 3.86. The molecule has 0 rings (SSSR count). The van der Waals surface area contributed by atoms with Gasteiger partial charge in [-0.15, -0.1) is 0 Å². The molecule has 0 saturated heterocycles. The third kappa shape index (κ3) is 4.91. The third-order valence-corrected chi connectivity index (χ3v) is 4.23. The van der Waals surface area contributed by atoms with Crippen molar-refractivity contribution in [1.82, 2.24) is 4.31 Å². The van der Waals surface area contributed by atoms with Gasteiger partial charge in [-0.3, -0.25) is 4.79 Å². The van der Waals surface area contributed by atoms with Crippen molar-refractivity contribution in [2.45, 2.75) is 32.9 Å². The van der Waals surface area contributed by atoms with Gasteiger partial charge in [0.1, 0.15) is 6.54 Å². The van der Waals surface area contributed by atoms with E-state index in [0.717, 1.165) is 4.31 Å². The van der Waals surface area contributed by atoms with Crippen LogP contribution in [-0.4, -0.2) is 55.4 Å². The molecule has 0 amide bonds. The van der Waals surface area contributed by atoms with Gasteiger partial charge < -0.3 is 9.84 Å². The average Bonchev–Trinajstić information content (AvgIpc) is 2.12. The average molecular weight is 253 g/mol. The molecule has 16 heavy (non-hydrogen) atoms. The van der Waals surface area contributed by atoms with E-state index >= 15 is 0 Å². The first-order chi connectivity index (χ1) is 7.20. The summed E-state index contributed by atoms with van der Waals surface area (Å²) in [5.74, 6) is -1.38. The van der Waals surface area contributed by atoms with E-state index in [-0.39, 0.29) is 11.8 Å². The lowest BCUT2D eigenvalue weighted by molar-refractivity contribution is -0.137. The molecule has 0 spiro atoms. The second-order valence-corrected chi connectivity index (χ2v) is 5.82. The Balaban J connectivity index is 4.83. The molecule has 6 nitrogen and oxygen atoms in total. The summed E-state index contributed by atoms with van der Waals surface area (Å²) in [6, 6.07) is -0.384. The van der Waals surface area contributed by atoms with Crippen LogP contribution in [0.1, 0.15) is 20.8 Å². The highest BCUT2D eigenvalue weighted by atomic mass is 32.2. The number of carboxylic acids is 1. The van der Waals surface area contributed by atoms with Gasteiger partial charge in [0.15, 0.2) is 0 Å². The maximum absolute atomic E-state index is 11.9. The van der Waals surface area contributed by atoms with Crippen LogP contribution in [0, 0.1) is 0 Å². The van der Waals surface area contributed by atoms with Crippen LogP contribution in [0.15, 0.2) is 0 Å². The molecular weight excluding hydrogens is 234 g/mol. The van der Waals surface area contributed by atoms with E-state index in [2.05, 4.69) is 0 Å². The van der Waals surface area contributed by atoms with Crippen LogP contribution in [0.25, 0.3) is 0 Å². The number of methoxy groups -OCH3 is 1. The Bertz CT molecular complexity index is 325. The Kier molecular flexibility index (Phi) is 5.91. The smallest absolute Gasteiger partial charge is 0.318 e. The summed E-state index contributed by atoms with van der Waals surface area (Å²) in [5, 5.41) is 8.65. The molecule has 0 aromatic carbocycles. The molecule has 1 unspecified atom stereocenters. The fraction of sp³-hybridized carbons (Fsp3) is 0.889. The third-order valence-electron chi connectivity index (χ3n) is 2.07. The fourth-order valence-corrected chi connectivity index (χ4v) is 3.07. The highest BCUT2D eigenvalue weighted by molar-refractivity contribution is 7.89. The van der Waals surface area contributed by atoms with Gasteiger partial charge >= 0.3 is 5.97 Å². The molecule has 0 aliphatic carbocycles. The van der Waals surface area contributed by atoms with Crippen molar-refractivity contribution in [2.24, 2.45) is 0 Å². The van der Waals surface area contributed by atoms with E-state index in [4.69, 9.17) is 9.84 Å². The van der Waals surface area contributed by atoms with E-state index < -0.39 is 28.6 Å². The number of hydrogen-bond acceptors (Lipinski definition) is 4. The summed E-state index contributed by atoms with van der Waals surface area (Å²) in [5.41, 5.74) is 0. The topological polar surface area (TPSA) is 83.9 Å². The lowest BCUT2D eigenvalue weighted by Crippen LogP contribution is -2.43. The predicted molar refractivity (Wildman–Crippen MR) is 59.7 cm³/mol. The highest BCUT2D eigenvalue weighted by Crippen LogP contribution is 2.09. The van der Waals surface area contributed by atoms with Crippen LogP contribution in [0.3, 0.4) is 0 Å². The van der Waals surface area contributed by atoms with Crippen LogP contribution < -0.4 is 0 Å². The van der Waals surface area contributed by atoms with Gasteiger partial charge in [0, 0.05) is 13.2 Å². The molecule has 1 N–H and O–H groups in total. The fourth-order valence-electron chi connectivity index (χ4n) is 1.20. The van der Waals surface area contributed by atoms with Crippen LogP contribution in [-0.2, 0) is 19.6 Å². The molecule has 0 aromatic rings. The Morgan fingerprint density at radius 3 is 2.19 bits per heavy atom. The standard InChI is InChI=1S/C9H19NO5S/c1-7(2)10(5-9(11)12)16(13,14)6-8(3)15-4/h7-8H,5-6H2,1-4H3,(H,11,12). The summed E-state index contributed by atoms with van der Waals surface area (Å²) < 4.78 is 29.5. The number of hydrogen-bond donors (Lipinski definition) is 1. The van der Waals surface area contributed by atoms with Crippen molar-refractivity contribution >= 4 is 16.0 Å². The van der Waals surface area contributed by atoms with Crippen LogP contribution in [0.5, 0.6) is 0 Å². The van der Waals surface area contributed by atoms with Crippen molar-refractivity contribution in [2.75, 3.05) is 19.4 Å². The van der Waals surface area contributed by atoms with E-state index in [1.807, 2.05) is 0 Å². The minimum atomic E-state index is -3.60. The Labute approximate surface area is 96.2 Å². The maximum Gasteiger partial charge on any atom is 0.318 e. The number of rotatable bonds is 7. The van der Waals surface area contributed by atoms with E-state index in [0.29, 0.717) is 0 Å².